The molecule has 0 spiro atoms. The predicted octanol–water partition coefficient (Wildman–Crippen LogP) is 3.10. The summed E-state index contributed by atoms with van der Waals surface area (Å²) in [6.07, 6.45) is 4.23. The maximum absolute atomic E-state index is 13.0. The van der Waals surface area contributed by atoms with Crippen LogP contribution in [0.4, 0.5) is 0 Å². The normalized spacial score (nSPS) is 17.2. The molecular formula is C15H26N2O2S2. The molecule has 1 aromatic heterocycles. The van der Waals surface area contributed by atoms with Gasteiger partial charge in [-0.15, -0.1) is 11.3 Å². The van der Waals surface area contributed by atoms with Crippen molar-refractivity contribution in [2.75, 3.05) is 6.54 Å². The predicted molar refractivity (Wildman–Crippen MR) is 87.9 cm³/mol. The number of rotatable bonds is 6. The van der Waals surface area contributed by atoms with Gasteiger partial charge in [0.25, 0.3) is 10.0 Å². The van der Waals surface area contributed by atoms with E-state index in [9.17, 15) is 8.42 Å². The van der Waals surface area contributed by atoms with Gasteiger partial charge in [-0.1, -0.05) is 26.7 Å². The van der Waals surface area contributed by atoms with Crippen LogP contribution in [0.5, 0.6) is 0 Å². The lowest BCUT2D eigenvalue weighted by Gasteiger charge is -2.29. The highest BCUT2D eigenvalue weighted by atomic mass is 32.2. The minimum Gasteiger partial charge on any atom is -0.326 e. The van der Waals surface area contributed by atoms with Crippen LogP contribution in [0.3, 0.4) is 0 Å². The first-order valence-corrected chi connectivity index (χ1v) is 9.93. The molecule has 2 N–H and O–H groups in total. The number of aryl methyl sites for hydroxylation is 1. The van der Waals surface area contributed by atoms with Crippen molar-refractivity contribution in [1.82, 2.24) is 4.31 Å². The molecule has 4 nitrogen and oxygen atoms in total. The van der Waals surface area contributed by atoms with Crippen molar-refractivity contribution >= 4 is 21.4 Å². The van der Waals surface area contributed by atoms with E-state index in [1.54, 1.807) is 10.4 Å². The summed E-state index contributed by atoms with van der Waals surface area (Å²) in [7, 11) is -3.40. The van der Waals surface area contributed by atoms with Gasteiger partial charge in [0.05, 0.1) is 0 Å². The number of nitrogens with two attached hydrogens (primary N) is 1. The Labute approximate surface area is 132 Å². The highest BCUT2D eigenvalue weighted by Crippen LogP contribution is 2.33. The summed E-state index contributed by atoms with van der Waals surface area (Å²) in [6, 6.07) is 1.95. The van der Waals surface area contributed by atoms with Crippen LogP contribution >= 0.6 is 11.3 Å². The number of nitrogens with zero attached hydrogens (tertiary/aromatic N) is 1. The van der Waals surface area contributed by atoms with Gasteiger partial charge in [-0.05, 0) is 37.3 Å². The van der Waals surface area contributed by atoms with E-state index in [4.69, 9.17) is 5.73 Å². The van der Waals surface area contributed by atoms with Gasteiger partial charge in [0, 0.05) is 24.0 Å². The molecule has 0 bridgehead atoms. The van der Waals surface area contributed by atoms with Crippen molar-refractivity contribution in [3.63, 3.8) is 0 Å². The van der Waals surface area contributed by atoms with Gasteiger partial charge in [-0.3, -0.25) is 0 Å². The Hall–Kier alpha value is -0.430. The monoisotopic (exact) mass is 330 g/mol. The molecule has 0 atom stereocenters. The third-order valence-electron chi connectivity index (χ3n) is 4.02. The van der Waals surface area contributed by atoms with Crippen molar-refractivity contribution in [1.29, 1.82) is 0 Å². The lowest BCUT2D eigenvalue weighted by atomic mass is 10.2. The number of thiophene rings is 1. The van der Waals surface area contributed by atoms with Crippen LogP contribution in [0.2, 0.25) is 0 Å². The zero-order chi connectivity index (χ0) is 15.6. The molecule has 1 aromatic rings. The minimum absolute atomic E-state index is 0.168. The zero-order valence-electron chi connectivity index (χ0n) is 13.1. The van der Waals surface area contributed by atoms with Crippen molar-refractivity contribution < 1.29 is 8.42 Å². The maximum atomic E-state index is 13.0. The molecule has 6 heteroatoms. The van der Waals surface area contributed by atoms with Crippen LogP contribution in [-0.2, 0) is 16.6 Å². The van der Waals surface area contributed by atoms with Crippen LogP contribution < -0.4 is 5.73 Å². The van der Waals surface area contributed by atoms with E-state index in [0.717, 1.165) is 36.1 Å². The van der Waals surface area contributed by atoms with Crippen molar-refractivity contribution in [2.24, 2.45) is 11.7 Å². The zero-order valence-corrected chi connectivity index (χ0v) is 14.8. The average Bonchev–Trinajstić information content (AvgIpc) is 3.04. The molecule has 2 rings (SSSR count). The third-order valence-corrected chi connectivity index (χ3v) is 7.65. The molecule has 0 aromatic carbocycles. The minimum atomic E-state index is -3.40. The fraction of sp³-hybridized carbons (Fsp3) is 0.733. The Kier molecular flexibility index (Phi) is 5.46. The van der Waals surface area contributed by atoms with Gasteiger partial charge in [0.15, 0.2) is 0 Å². The van der Waals surface area contributed by atoms with E-state index in [0.29, 0.717) is 23.2 Å². The van der Waals surface area contributed by atoms with E-state index >= 15 is 0 Å². The fourth-order valence-electron chi connectivity index (χ4n) is 2.93. The summed E-state index contributed by atoms with van der Waals surface area (Å²) in [5.74, 6) is 0.329. The largest absolute Gasteiger partial charge is 0.326 e. The van der Waals surface area contributed by atoms with Crippen molar-refractivity contribution in [3.05, 3.63) is 16.5 Å². The van der Waals surface area contributed by atoms with Crippen LogP contribution in [0, 0.1) is 12.8 Å². The molecular weight excluding hydrogens is 304 g/mol. The molecule has 1 saturated carbocycles. The number of hydrogen-bond donors (Lipinski definition) is 1. The van der Waals surface area contributed by atoms with Crippen molar-refractivity contribution in [2.45, 2.75) is 63.3 Å². The van der Waals surface area contributed by atoms with Gasteiger partial charge >= 0.3 is 0 Å². The molecule has 1 heterocycles. The molecule has 0 radical (unpaired) electrons. The Morgan fingerprint density at radius 2 is 2.00 bits per heavy atom. The van der Waals surface area contributed by atoms with E-state index < -0.39 is 10.0 Å². The summed E-state index contributed by atoms with van der Waals surface area (Å²) in [5, 5.41) is 0. The Bertz CT molecular complexity index is 572. The van der Waals surface area contributed by atoms with E-state index in [2.05, 4.69) is 13.8 Å². The molecule has 0 saturated heterocycles. The second kappa shape index (κ2) is 6.77. The van der Waals surface area contributed by atoms with E-state index in [-0.39, 0.29) is 6.04 Å². The SMILES string of the molecule is Cc1cc(S(=O)(=O)N(CC(C)C)C2CCCC2)sc1CN. The van der Waals surface area contributed by atoms with Crippen LogP contribution in [-0.4, -0.2) is 25.3 Å². The van der Waals surface area contributed by atoms with Gasteiger partial charge in [0.1, 0.15) is 4.21 Å². The first-order chi connectivity index (χ1) is 9.86. The molecule has 21 heavy (non-hydrogen) atoms. The molecule has 120 valence electrons. The fourth-order valence-corrected chi connectivity index (χ4v) is 6.38. The smallest absolute Gasteiger partial charge is 0.252 e. The summed E-state index contributed by atoms with van der Waals surface area (Å²) < 4.78 is 28.3. The topological polar surface area (TPSA) is 63.4 Å². The summed E-state index contributed by atoms with van der Waals surface area (Å²) in [5.41, 5.74) is 6.67. The van der Waals surface area contributed by atoms with Crippen molar-refractivity contribution in [3.8, 4) is 0 Å². The molecule has 1 aliphatic carbocycles. The first kappa shape index (κ1) is 16.9. The maximum Gasteiger partial charge on any atom is 0.252 e. The summed E-state index contributed by atoms with van der Waals surface area (Å²) in [6.45, 7) is 7.08. The number of sulfonamides is 1. The van der Waals surface area contributed by atoms with Crippen LogP contribution in [0.25, 0.3) is 0 Å². The molecule has 1 fully saturated rings. The second-order valence-corrected chi connectivity index (χ2v) is 9.54. The second-order valence-electron chi connectivity index (χ2n) is 6.28. The Morgan fingerprint density at radius 3 is 2.48 bits per heavy atom. The van der Waals surface area contributed by atoms with Crippen LogP contribution in [0.1, 0.15) is 50.0 Å². The van der Waals surface area contributed by atoms with Gasteiger partial charge in [-0.2, -0.15) is 4.31 Å². The molecule has 0 amide bonds. The standard InChI is InChI=1S/C15H26N2O2S2/c1-11(2)10-17(13-6-4-5-7-13)21(18,19)15-8-12(3)14(9-16)20-15/h8,11,13H,4-7,9-10,16H2,1-3H3. The average molecular weight is 331 g/mol. The van der Waals surface area contributed by atoms with Gasteiger partial charge in [0.2, 0.25) is 0 Å². The first-order valence-electron chi connectivity index (χ1n) is 7.67. The summed E-state index contributed by atoms with van der Waals surface area (Å²) in [4.78, 5) is 0.962. The summed E-state index contributed by atoms with van der Waals surface area (Å²) >= 11 is 1.33. The van der Waals surface area contributed by atoms with Gasteiger partial charge < -0.3 is 5.73 Å². The molecule has 1 aliphatic rings. The Morgan fingerprint density at radius 1 is 1.38 bits per heavy atom. The highest BCUT2D eigenvalue weighted by Gasteiger charge is 2.34. The lowest BCUT2D eigenvalue weighted by Crippen LogP contribution is -2.40. The number of hydrogen-bond acceptors (Lipinski definition) is 4. The molecule has 0 aliphatic heterocycles. The molecule has 0 unspecified atom stereocenters. The van der Waals surface area contributed by atoms with E-state index in [1.807, 2.05) is 6.92 Å². The Balaban J connectivity index is 2.35. The van der Waals surface area contributed by atoms with Gasteiger partial charge in [-0.25, -0.2) is 8.42 Å². The quantitative estimate of drug-likeness (QED) is 0.871. The van der Waals surface area contributed by atoms with Crippen LogP contribution in [0.15, 0.2) is 10.3 Å². The highest BCUT2D eigenvalue weighted by molar-refractivity contribution is 7.91. The lowest BCUT2D eigenvalue weighted by molar-refractivity contribution is 0.293. The van der Waals surface area contributed by atoms with E-state index in [1.165, 1.54) is 11.3 Å². The third kappa shape index (κ3) is 3.67.